The number of aromatic nitrogens is 3. The van der Waals surface area contributed by atoms with Crippen molar-refractivity contribution in [3.05, 3.63) is 35.7 Å². The summed E-state index contributed by atoms with van der Waals surface area (Å²) in [5.41, 5.74) is 3.88. The highest BCUT2D eigenvalue weighted by atomic mass is 32.2. The van der Waals surface area contributed by atoms with Gasteiger partial charge in [-0.25, -0.2) is 4.68 Å². The first kappa shape index (κ1) is 12.0. The fraction of sp³-hybridized carbons (Fsp3) is 0.250. The molecule has 0 radical (unpaired) electrons. The van der Waals surface area contributed by atoms with Crippen molar-refractivity contribution < 1.29 is 9.53 Å². The molecule has 2 aromatic rings. The summed E-state index contributed by atoms with van der Waals surface area (Å²) in [6.45, 7) is 2.28. The van der Waals surface area contributed by atoms with E-state index in [0.29, 0.717) is 16.7 Å². The average molecular weight is 276 g/mol. The van der Waals surface area contributed by atoms with Gasteiger partial charge in [-0.1, -0.05) is 29.5 Å². The van der Waals surface area contributed by atoms with E-state index in [-0.39, 0.29) is 12.5 Å². The van der Waals surface area contributed by atoms with E-state index in [9.17, 15) is 4.79 Å². The molecule has 0 fully saturated rings. The number of ether oxygens (including phenoxy) is 1. The smallest absolute Gasteiger partial charge is 0.249 e. The number of amides is 1. The van der Waals surface area contributed by atoms with E-state index in [4.69, 9.17) is 4.74 Å². The fourth-order valence-electron chi connectivity index (χ4n) is 1.67. The van der Waals surface area contributed by atoms with E-state index in [1.165, 1.54) is 17.3 Å². The van der Waals surface area contributed by atoms with Crippen LogP contribution in [0, 0.1) is 6.92 Å². The van der Waals surface area contributed by atoms with E-state index in [1.54, 1.807) is 4.68 Å². The third kappa shape index (κ3) is 2.55. The maximum absolute atomic E-state index is 11.3. The number of benzene rings is 1. The molecular formula is C12H12N4O2S. The normalized spacial score (nSPS) is 13.8. The summed E-state index contributed by atoms with van der Waals surface area (Å²) < 4.78 is 7.20. The van der Waals surface area contributed by atoms with E-state index in [2.05, 4.69) is 15.6 Å². The quantitative estimate of drug-likeness (QED) is 0.916. The lowest BCUT2D eigenvalue weighted by Crippen LogP contribution is -2.31. The number of rotatable bonds is 3. The Hall–Kier alpha value is -2.02. The fourth-order valence-corrected chi connectivity index (χ4v) is 2.37. The van der Waals surface area contributed by atoms with Crippen molar-refractivity contribution in [2.45, 2.75) is 18.7 Å². The number of hydrogen-bond donors (Lipinski definition) is 1. The summed E-state index contributed by atoms with van der Waals surface area (Å²) in [4.78, 5) is 11.3. The molecule has 6 nitrogen and oxygen atoms in total. The molecule has 0 spiro atoms. The number of fused-ring (bicyclic) bond motifs is 1. The molecule has 1 aliphatic rings. The van der Waals surface area contributed by atoms with Crippen LogP contribution in [0.3, 0.4) is 0 Å². The Morgan fingerprint density at radius 1 is 1.37 bits per heavy atom. The Labute approximate surface area is 114 Å². The molecule has 3 rings (SSSR count). The van der Waals surface area contributed by atoms with Gasteiger partial charge in [0.25, 0.3) is 0 Å². The van der Waals surface area contributed by atoms with Gasteiger partial charge in [0, 0.05) is 0 Å². The molecule has 7 heteroatoms. The minimum Gasteiger partial charge on any atom is -0.486 e. The summed E-state index contributed by atoms with van der Waals surface area (Å²) in [6, 6.07) is 7.75. The highest BCUT2D eigenvalue weighted by molar-refractivity contribution is 7.99. The van der Waals surface area contributed by atoms with Crippen molar-refractivity contribution >= 4 is 17.7 Å². The number of carbonyl (C=O) groups is 1. The Kier molecular flexibility index (Phi) is 3.12. The topological polar surface area (TPSA) is 69.0 Å². The molecule has 0 bridgehead atoms. The predicted molar refractivity (Wildman–Crippen MR) is 70.6 cm³/mol. The summed E-state index contributed by atoms with van der Waals surface area (Å²) in [5, 5.41) is 8.70. The van der Waals surface area contributed by atoms with Gasteiger partial charge in [-0.15, -0.1) is 10.2 Å². The zero-order valence-electron chi connectivity index (χ0n) is 10.3. The van der Waals surface area contributed by atoms with E-state index in [1.807, 2.05) is 31.2 Å². The number of thioether (sulfide) groups is 1. The molecule has 0 unspecified atom stereocenters. The molecule has 98 valence electrons. The van der Waals surface area contributed by atoms with Gasteiger partial charge in [-0.05, 0) is 19.1 Å². The van der Waals surface area contributed by atoms with Crippen LogP contribution in [-0.2, 0) is 11.4 Å². The minimum atomic E-state index is -0.0612. The molecule has 2 heterocycles. The first-order valence-electron chi connectivity index (χ1n) is 5.79. The summed E-state index contributed by atoms with van der Waals surface area (Å²) in [7, 11) is 0. The second-order valence-corrected chi connectivity index (χ2v) is 5.10. The molecule has 19 heavy (non-hydrogen) atoms. The molecule has 1 N–H and O–H groups in total. The van der Waals surface area contributed by atoms with Crippen molar-refractivity contribution in [1.29, 1.82) is 0 Å². The first-order valence-corrected chi connectivity index (χ1v) is 6.77. The number of carbonyl (C=O) groups excluding carboxylic acids is 1. The SMILES string of the molecule is Cc1ccc(OCc2nnc3n2NC(=O)CS3)cc1. The largest absolute Gasteiger partial charge is 0.486 e. The molecule has 1 amide bonds. The lowest BCUT2D eigenvalue weighted by Gasteiger charge is -2.15. The summed E-state index contributed by atoms with van der Waals surface area (Å²) in [5.74, 6) is 1.65. The minimum absolute atomic E-state index is 0.0612. The monoisotopic (exact) mass is 276 g/mol. The van der Waals surface area contributed by atoms with Crippen LogP contribution in [0.2, 0.25) is 0 Å². The molecule has 0 saturated carbocycles. The molecule has 1 aliphatic heterocycles. The van der Waals surface area contributed by atoms with Gasteiger partial charge in [-0.3, -0.25) is 10.2 Å². The highest BCUT2D eigenvalue weighted by Crippen LogP contribution is 2.20. The van der Waals surface area contributed by atoms with Gasteiger partial charge in [-0.2, -0.15) is 0 Å². The third-order valence-electron chi connectivity index (χ3n) is 2.66. The third-order valence-corrected chi connectivity index (χ3v) is 3.59. The van der Waals surface area contributed by atoms with E-state index >= 15 is 0 Å². The summed E-state index contributed by atoms with van der Waals surface area (Å²) in [6.07, 6.45) is 0. The van der Waals surface area contributed by atoms with Gasteiger partial charge in [0.05, 0.1) is 5.75 Å². The number of hydrogen-bond acceptors (Lipinski definition) is 5. The van der Waals surface area contributed by atoms with Gasteiger partial charge < -0.3 is 4.74 Å². The molecule has 1 aromatic carbocycles. The van der Waals surface area contributed by atoms with Crippen molar-refractivity contribution in [1.82, 2.24) is 14.9 Å². The number of nitrogens with zero attached hydrogens (tertiary/aromatic N) is 3. The molecule has 0 atom stereocenters. The van der Waals surface area contributed by atoms with Crippen molar-refractivity contribution in [3.63, 3.8) is 0 Å². The van der Waals surface area contributed by atoms with Crippen LogP contribution in [0.25, 0.3) is 0 Å². The van der Waals surface area contributed by atoms with Gasteiger partial charge >= 0.3 is 0 Å². The van der Waals surface area contributed by atoms with Crippen LogP contribution in [0.1, 0.15) is 11.4 Å². The van der Waals surface area contributed by atoms with Gasteiger partial charge in [0.1, 0.15) is 12.4 Å². The van der Waals surface area contributed by atoms with Crippen molar-refractivity contribution in [3.8, 4) is 5.75 Å². The van der Waals surface area contributed by atoms with E-state index < -0.39 is 0 Å². The standard InChI is InChI=1S/C12H12N4O2S/c1-8-2-4-9(5-3-8)18-6-10-13-14-12-16(10)15-11(17)7-19-12/h2-5H,6-7H2,1H3,(H,15,17). The highest BCUT2D eigenvalue weighted by Gasteiger charge is 2.20. The molecule has 0 saturated heterocycles. The zero-order chi connectivity index (χ0) is 13.2. The second kappa shape index (κ2) is 4.93. The van der Waals surface area contributed by atoms with Crippen LogP contribution in [0.5, 0.6) is 5.75 Å². The van der Waals surface area contributed by atoms with Gasteiger partial charge in [0.15, 0.2) is 5.82 Å². The number of nitrogens with one attached hydrogen (secondary N) is 1. The second-order valence-electron chi connectivity index (χ2n) is 4.16. The average Bonchev–Trinajstić information content (AvgIpc) is 2.80. The Morgan fingerprint density at radius 2 is 2.16 bits per heavy atom. The number of aryl methyl sites for hydroxylation is 1. The lowest BCUT2D eigenvalue weighted by molar-refractivity contribution is -0.115. The Balaban J connectivity index is 1.72. The van der Waals surface area contributed by atoms with Crippen LogP contribution < -0.4 is 10.2 Å². The van der Waals surface area contributed by atoms with Crippen LogP contribution in [-0.4, -0.2) is 26.5 Å². The van der Waals surface area contributed by atoms with Crippen LogP contribution in [0.4, 0.5) is 0 Å². The van der Waals surface area contributed by atoms with Gasteiger partial charge in [0.2, 0.25) is 11.1 Å². The predicted octanol–water partition coefficient (Wildman–Crippen LogP) is 1.34. The van der Waals surface area contributed by atoms with Crippen LogP contribution in [0.15, 0.2) is 29.4 Å². The van der Waals surface area contributed by atoms with Crippen LogP contribution >= 0.6 is 11.8 Å². The molecule has 1 aromatic heterocycles. The summed E-state index contributed by atoms with van der Waals surface area (Å²) >= 11 is 1.36. The van der Waals surface area contributed by atoms with Crippen molar-refractivity contribution in [2.24, 2.45) is 0 Å². The maximum atomic E-state index is 11.3. The lowest BCUT2D eigenvalue weighted by atomic mass is 10.2. The molecular weight excluding hydrogens is 264 g/mol. The first-order chi connectivity index (χ1) is 9.22. The van der Waals surface area contributed by atoms with Crippen molar-refractivity contribution in [2.75, 3.05) is 11.2 Å². The Morgan fingerprint density at radius 3 is 2.95 bits per heavy atom. The zero-order valence-corrected chi connectivity index (χ0v) is 11.1. The maximum Gasteiger partial charge on any atom is 0.249 e. The Bertz CT molecular complexity index is 609. The molecule has 0 aliphatic carbocycles. The van der Waals surface area contributed by atoms with E-state index in [0.717, 1.165) is 5.75 Å².